The summed E-state index contributed by atoms with van der Waals surface area (Å²) >= 11 is 0. The fraction of sp³-hybridized carbons (Fsp3) is 0.875. The van der Waals surface area contributed by atoms with E-state index in [2.05, 4.69) is 5.48 Å². The van der Waals surface area contributed by atoms with Crippen LogP contribution in [-0.4, -0.2) is 23.2 Å². The van der Waals surface area contributed by atoms with Crippen LogP contribution in [0.4, 0.5) is 0 Å². The van der Waals surface area contributed by atoms with Crippen molar-refractivity contribution in [3.8, 4) is 0 Å². The molecule has 0 saturated heterocycles. The second-order valence-electron chi connectivity index (χ2n) is 3.20. The molecule has 1 fully saturated rings. The van der Waals surface area contributed by atoms with Gasteiger partial charge in [-0.1, -0.05) is 12.8 Å². The highest BCUT2D eigenvalue weighted by molar-refractivity contribution is 5.72. The first kappa shape index (κ1) is 9.48. The van der Waals surface area contributed by atoms with Gasteiger partial charge in [0.2, 0.25) is 0 Å². The van der Waals surface area contributed by atoms with Gasteiger partial charge in [-0.25, -0.2) is 0 Å². The summed E-state index contributed by atoms with van der Waals surface area (Å²) in [5.41, 5.74) is 2.52. The number of carboxylic acids is 1. The van der Waals surface area contributed by atoms with Crippen molar-refractivity contribution in [2.45, 2.75) is 44.8 Å². The van der Waals surface area contributed by atoms with Gasteiger partial charge in [0.1, 0.15) is 6.04 Å². The van der Waals surface area contributed by atoms with Crippen molar-refractivity contribution < 1.29 is 14.7 Å². The number of carbonyl (C=O) groups is 1. The van der Waals surface area contributed by atoms with Crippen LogP contribution >= 0.6 is 0 Å². The van der Waals surface area contributed by atoms with Crippen LogP contribution in [-0.2, 0) is 9.63 Å². The number of hydrogen-bond acceptors (Lipinski definition) is 3. The molecule has 0 bridgehead atoms. The minimum absolute atomic E-state index is 0.215. The zero-order valence-electron chi connectivity index (χ0n) is 7.25. The van der Waals surface area contributed by atoms with Crippen LogP contribution in [0, 0.1) is 0 Å². The highest BCUT2D eigenvalue weighted by Crippen LogP contribution is 2.19. The number of rotatable bonds is 4. The van der Waals surface area contributed by atoms with Crippen molar-refractivity contribution in [1.82, 2.24) is 5.48 Å². The van der Waals surface area contributed by atoms with E-state index in [0.717, 1.165) is 12.8 Å². The van der Waals surface area contributed by atoms with E-state index in [-0.39, 0.29) is 6.10 Å². The van der Waals surface area contributed by atoms with Crippen LogP contribution in [0.2, 0.25) is 0 Å². The van der Waals surface area contributed by atoms with E-state index in [1.165, 1.54) is 12.8 Å². The van der Waals surface area contributed by atoms with Crippen LogP contribution in [0.5, 0.6) is 0 Å². The van der Waals surface area contributed by atoms with Gasteiger partial charge in [-0.05, 0) is 19.8 Å². The monoisotopic (exact) mass is 173 g/mol. The van der Waals surface area contributed by atoms with Crippen LogP contribution in [0.25, 0.3) is 0 Å². The third kappa shape index (κ3) is 2.79. The zero-order chi connectivity index (χ0) is 8.97. The Hall–Kier alpha value is -0.610. The Morgan fingerprint density at radius 3 is 2.67 bits per heavy atom. The molecule has 1 aliphatic rings. The summed E-state index contributed by atoms with van der Waals surface area (Å²) in [6, 6.07) is -0.620. The molecule has 1 unspecified atom stereocenters. The highest BCUT2D eigenvalue weighted by Gasteiger charge is 2.18. The van der Waals surface area contributed by atoms with Gasteiger partial charge in [0.05, 0.1) is 6.10 Å². The molecule has 1 saturated carbocycles. The minimum atomic E-state index is -0.881. The van der Waals surface area contributed by atoms with E-state index in [1.54, 1.807) is 6.92 Å². The molecule has 0 amide bonds. The van der Waals surface area contributed by atoms with Crippen LogP contribution in [0.15, 0.2) is 0 Å². The molecule has 4 nitrogen and oxygen atoms in total. The predicted octanol–water partition coefficient (Wildman–Crippen LogP) is 0.923. The van der Waals surface area contributed by atoms with Crippen molar-refractivity contribution in [1.29, 1.82) is 0 Å². The number of hydroxylamine groups is 1. The lowest BCUT2D eigenvalue weighted by molar-refractivity contribution is -0.145. The van der Waals surface area contributed by atoms with Gasteiger partial charge in [-0.3, -0.25) is 9.63 Å². The number of nitrogens with one attached hydrogen (secondary N) is 1. The largest absolute Gasteiger partial charge is 0.480 e. The van der Waals surface area contributed by atoms with E-state index >= 15 is 0 Å². The second-order valence-corrected chi connectivity index (χ2v) is 3.20. The number of aliphatic carboxylic acids is 1. The Labute approximate surface area is 71.9 Å². The first-order valence-corrected chi connectivity index (χ1v) is 4.34. The van der Waals surface area contributed by atoms with Crippen molar-refractivity contribution in [2.24, 2.45) is 0 Å². The molecule has 1 rings (SSSR count). The summed E-state index contributed by atoms with van der Waals surface area (Å²) in [5.74, 6) is -0.881. The van der Waals surface area contributed by atoms with Gasteiger partial charge < -0.3 is 5.11 Å². The van der Waals surface area contributed by atoms with Crippen molar-refractivity contribution in [2.75, 3.05) is 0 Å². The molecule has 0 aromatic rings. The van der Waals surface area contributed by atoms with Crippen molar-refractivity contribution in [3.05, 3.63) is 0 Å². The SMILES string of the molecule is CC(NOC1CCCC1)C(=O)O. The molecule has 4 heteroatoms. The van der Waals surface area contributed by atoms with Gasteiger partial charge >= 0.3 is 5.97 Å². The lowest BCUT2D eigenvalue weighted by Gasteiger charge is -2.13. The number of carboxylic acid groups (broad SMARTS) is 1. The summed E-state index contributed by atoms with van der Waals surface area (Å²) in [6.45, 7) is 1.57. The van der Waals surface area contributed by atoms with E-state index in [0.29, 0.717) is 0 Å². The lowest BCUT2D eigenvalue weighted by atomic mass is 10.3. The summed E-state index contributed by atoms with van der Waals surface area (Å²) < 4.78 is 0. The Balaban J connectivity index is 2.11. The normalized spacial score (nSPS) is 21.1. The topological polar surface area (TPSA) is 58.6 Å². The van der Waals surface area contributed by atoms with Crippen LogP contribution in [0.1, 0.15) is 32.6 Å². The Morgan fingerprint density at radius 2 is 2.17 bits per heavy atom. The smallest absolute Gasteiger partial charge is 0.322 e. The molecule has 0 heterocycles. The molecule has 1 atom stereocenters. The van der Waals surface area contributed by atoms with Crippen LogP contribution < -0.4 is 5.48 Å². The molecule has 0 aromatic heterocycles. The van der Waals surface area contributed by atoms with Crippen molar-refractivity contribution >= 4 is 5.97 Å². The van der Waals surface area contributed by atoms with E-state index in [4.69, 9.17) is 9.94 Å². The Kier molecular flexibility index (Phi) is 3.49. The molecule has 1 aliphatic carbocycles. The molecule has 0 radical (unpaired) electrons. The molecule has 0 spiro atoms. The molecular formula is C8H15NO3. The molecule has 0 aliphatic heterocycles. The summed E-state index contributed by atoms with van der Waals surface area (Å²) in [5, 5.41) is 8.51. The minimum Gasteiger partial charge on any atom is -0.480 e. The summed E-state index contributed by atoms with van der Waals surface area (Å²) in [7, 11) is 0. The first-order chi connectivity index (χ1) is 5.70. The zero-order valence-corrected chi connectivity index (χ0v) is 7.25. The van der Waals surface area contributed by atoms with Crippen LogP contribution in [0.3, 0.4) is 0 Å². The second kappa shape index (κ2) is 4.42. The molecule has 0 aromatic carbocycles. The molecular weight excluding hydrogens is 158 g/mol. The van der Waals surface area contributed by atoms with E-state index in [9.17, 15) is 4.79 Å². The summed E-state index contributed by atoms with van der Waals surface area (Å²) in [6.07, 6.45) is 4.67. The highest BCUT2D eigenvalue weighted by atomic mass is 16.7. The maximum absolute atomic E-state index is 10.4. The third-order valence-electron chi connectivity index (χ3n) is 2.08. The quantitative estimate of drug-likeness (QED) is 0.621. The average molecular weight is 173 g/mol. The number of hydrogen-bond donors (Lipinski definition) is 2. The maximum atomic E-state index is 10.4. The molecule has 12 heavy (non-hydrogen) atoms. The van der Waals surface area contributed by atoms with Gasteiger partial charge in [0.25, 0.3) is 0 Å². The maximum Gasteiger partial charge on any atom is 0.322 e. The average Bonchev–Trinajstić information content (AvgIpc) is 2.51. The fourth-order valence-electron chi connectivity index (χ4n) is 1.25. The Morgan fingerprint density at radius 1 is 1.58 bits per heavy atom. The summed E-state index contributed by atoms with van der Waals surface area (Å²) in [4.78, 5) is 15.6. The van der Waals surface area contributed by atoms with Gasteiger partial charge in [0.15, 0.2) is 0 Å². The van der Waals surface area contributed by atoms with E-state index < -0.39 is 12.0 Å². The standard InChI is InChI=1S/C8H15NO3/c1-6(8(10)11)9-12-7-4-2-3-5-7/h6-7,9H,2-5H2,1H3,(H,10,11). The first-order valence-electron chi connectivity index (χ1n) is 4.34. The Bertz CT molecular complexity index is 154. The van der Waals surface area contributed by atoms with Gasteiger partial charge in [-0.15, -0.1) is 0 Å². The van der Waals surface area contributed by atoms with Crippen molar-refractivity contribution in [3.63, 3.8) is 0 Å². The van der Waals surface area contributed by atoms with Gasteiger partial charge in [0, 0.05) is 0 Å². The molecule has 70 valence electrons. The van der Waals surface area contributed by atoms with E-state index in [1.807, 2.05) is 0 Å². The predicted molar refractivity (Wildman–Crippen MR) is 43.6 cm³/mol. The fourth-order valence-corrected chi connectivity index (χ4v) is 1.25. The lowest BCUT2D eigenvalue weighted by Crippen LogP contribution is -2.36. The third-order valence-corrected chi connectivity index (χ3v) is 2.08. The van der Waals surface area contributed by atoms with Gasteiger partial charge in [-0.2, -0.15) is 5.48 Å². The molecule has 2 N–H and O–H groups in total.